The van der Waals surface area contributed by atoms with E-state index in [1.54, 1.807) is 6.07 Å². The van der Waals surface area contributed by atoms with Crippen molar-refractivity contribution < 1.29 is 23.9 Å². The first-order valence-corrected chi connectivity index (χ1v) is 10.2. The summed E-state index contributed by atoms with van der Waals surface area (Å²) in [5.41, 5.74) is 2.64. The predicted molar refractivity (Wildman–Crippen MR) is 105 cm³/mol. The van der Waals surface area contributed by atoms with E-state index in [1.165, 1.54) is 6.92 Å². The number of hydrogen-bond acceptors (Lipinski definition) is 5. The van der Waals surface area contributed by atoms with Crippen LogP contribution in [0.15, 0.2) is 18.2 Å². The zero-order valence-electron chi connectivity index (χ0n) is 16.9. The number of fused-ring (bicyclic) bond motifs is 5. The maximum absolute atomic E-state index is 12.8. The van der Waals surface area contributed by atoms with Gasteiger partial charge in [-0.05, 0) is 63.5 Å². The first-order chi connectivity index (χ1) is 13.8. The van der Waals surface area contributed by atoms with Gasteiger partial charge in [0, 0.05) is 5.69 Å². The molecular weight excluding hydrogens is 372 g/mol. The van der Waals surface area contributed by atoms with Gasteiger partial charge in [0.1, 0.15) is 6.04 Å². The van der Waals surface area contributed by atoms with Gasteiger partial charge in [-0.15, -0.1) is 0 Å². The maximum Gasteiger partial charge on any atom is 0.329 e. The Hall–Kier alpha value is -2.70. The standard InChI is InChI=1S/C22H26N2O5/c1-11-4-7-16(12(2)8-11)23-17(25)10-29-22(28)13(3)24-20(26)18-14-5-6-15(9-14)19(18)21(24)27/h4,7-8,13-15,18-19H,5-6,9-10H2,1-3H3,(H,23,25)/t13-,14-,15-,18+,19+/m0/s1. The molecule has 1 N–H and O–H groups in total. The molecule has 0 spiro atoms. The van der Waals surface area contributed by atoms with E-state index < -0.39 is 24.5 Å². The van der Waals surface area contributed by atoms with Crippen LogP contribution in [0, 0.1) is 37.5 Å². The molecule has 154 valence electrons. The number of ether oxygens (including phenoxy) is 1. The van der Waals surface area contributed by atoms with Crippen molar-refractivity contribution in [1.82, 2.24) is 4.90 Å². The number of imide groups is 1. The fourth-order valence-corrected chi connectivity index (χ4v) is 5.32. The quantitative estimate of drug-likeness (QED) is 0.606. The Morgan fingerprint density at radius 1 is 1.14 bits per heavy atom. The highest BCUT2D eigenvalue weighted by atomic mass is 16.5. The van der Waals surface area contributed by atoms with Crippen molar-refractivity contribution in [2.75, 3.05) is 11.9 Å². The number of likely N-dealkylation sites (tertiary alicyclic amines) is 1. The number of amides is 3. The molecular formula is C22H26N2O5. The van der Waals surface area contributed by atoms with E-state index in [1.807, 2.05) is 26.0 Å². The SMILES string of the molecule is Cc1ccc(NC(=O)COC(=O)[C@H](C)N2C(=O)[C@@H]3[C@H]4CC[C@@H](C4)[C@H]3C2=O)c(C)c1. The second-order valence-electron chi connectivity index (χ2n) is 8.58. The maximum atomic E-state index is 12.8. The summed E-state index contributed by atoms with van der Waals surface area (Å²) in [6.07, 6.45) is 2.91. The van der Waals surface area contributed by atoms with Crippen LogP contribution in [0.5, 0.6) is 0 Å². The molecule has 2 bridgehead atoms. The Morgan fingerprint density at radius 3 is 2.34 bits per heavy atom. The van der Waals surface area contributed by atoms with E-state index in [4.69, 9.17) is 4.74 Å². The molecule has 1 aromatic carbocycles. The van der Waals surface area contributed by atoms with Gasteiger partial charge in [0.2, 0.25) is 11.8 Å². The summed E-state index contributed by atoms with van der Waals surface area (Å²) in [6.45, 7) is 4.86. The molecule has 0 unspecified atom stereocenters. The number of carbonyl (C=O) groups is 4. The van der Waals surface area contributed by atoms with Gasteiger partial charge in [-0.25, -0.2) is 4.79 Å². The highest BCUT2D eigenvalue weighted by Gasteiger charge is 2.62. The molecule has 1 saturated heterocycles. The summed E-state index contributed by atoms with van der Waals surface area (Å²) in [5, 5.41) is 2.71. The smallest absolute Gasteiger partial charge is 0.329 e. The summed E-state index contributed by atoms with van der Waals surface area (Å²) >= 11 is 0. The molecule has 2 aliphatic carbocycles. The molecule has 3 fully saturated rings. The number of anilines is 1. The van der Waals surface area contributed by atoms with E-state index in [9.17, 15) is 19.2 Å². The number of carbonyl (C=O) groups excluding carboxylic acids is 4. The van der Waals surface area contributed by atoms with E-state index in [-0.39, 0.29) is 35.5 Å². The molecule has 3 amide bonds. The van der Waals surface area contributed by atoms with E-state index in [0.717, 1.165) is 35.3 Å². The van der Waals surface area contributed by atoms with Crippen molar-refractivity contribution in [3.63, 3.8) is 0 Å². The highest BCUT2D eigenvalue weighted by Crippen LogP contribution is 2.56. The van der Waals surface area contributed by atoms with Gasteiger partial charge < -0.3 is 10.1 Å². The number of aryl methyl sites for hydroxylation is 2. The van der Waals surface area contributed by atoms with Crippen LogP contribution < -0.4 is 5.32 Å². The van der Waals surface area contributed by atoms with Crippen LogP contribution in [0.4, 0.5) is 5.69 Å². The summed E-state index contributed by atoms with van der Waals surface area (Å²) < 4.78 is 5.10. The minimum absolute atomic E-state index is 0.253. The van der Waals surface area contributed by atoms with Gasteiger partial charge >= 0.3 is 5.97 Å². The third-order valence-corrected chi connectivity index (χ3v) is 6.69. The number of rotatable bonds is 5. The van der Waals surface area contributed by atoms with Crippen LogP contribution >= 0.6 is 0 Å². The number of nitrogens with zero attached hydrogens (tertiary/aromatic N) is 1. The first-order valence-electron chi connectivity index (χ1n) is 10.2. The van der Waals surface area contributed by atoms with Crippen molar-refractivity contribution in [2.45, 2.75) is 46.1 Å². The minimum atomic E-state index is -1.02. The zero-order chi connectivity index (χ0) is 20.9. The highest BCUT2D eigenvalue weighted by molar-refractivity contribution is 6.08. The number of benzene rings is 1. The Labute approximate surface area is 169 Å². The Balaban J connectivity index is 1.34. The van der Waals surface area contributed by atoms with Crippen molar-refractivity contribution >= 4 is 29.4 Å². The number of nitrogens with one attached hydrogen (secondary N) is 1. The predicted octanol–water partition coefficient (Wildman–Crippen LogP) is 2.20. The lowest BCUT2D eigenvalue weighted by Gasteiger charge is -2.23. The van der Waals surface area contributed by atoms with Crippen molar-refractivity contribution in [3.05, 3.63) is 29.3 Å². The van der Waals surface area contributed by atoms with Crippen LogP contribution in [0.1, 0.15) is 37.3 Å². The van der Waals surface area contributed by atoms with Crippen LogP contribution in [0.3, 0.4) is 0 Å². The second kappa shape index (κ2) is 7.28. The molecule has 0 aromatic heterocycles. The molecule has 7 nitrogen and oxygen atoms in total. The molecule has 1 aliphatic heterocycles. The lowest BCUT2D eigenvalue weighted by molar-refractivity contribution is -0.159. The van der Waals surface area contributed by atoms with Gasteiger partial charge in [-0.1, -0.05) is 17.7 Å². The normalized spacial score (nSPS) is 28.4. The van der Waals surface area contributed by atoms with Crippen LogP contribution in [-0.4, -0.2) is 41.2 Å². The van der Waals surface area contributed by atoms with Gasteiger partial charge in [-0.3, -0.25) is 19.3 Å². The summed E-state index contributed by atoms with van der Waals surface area (Å²) in [7, 11) is 0. The lowest BCUT2D eigenvalue weighted by Crippen LogP contribution is -2.45. The molecule has 2 saturated carbocycles. The molecule has 3 aliphatic rings. The van der Waals surface area contributed by atoms with Gasteiger partial charge in [0.15, 0.2) is 6.61 Å². The molecule has 5 atom stereocenters. The largest absolute Gasteiger partial charge is 0.454 e. The molecule has 4 rings (SSSR count). The molecule has 0 radical (unpaired) electrons. The Bertz CT molecular complexity index is 867. The Morgan fingerprint density at radius 2 is 1.76 bits per heavy atom. The summed E-state index contributed by atoms with van der Waals surface area (Å²) in [5.74, 6) is -1.74. The van der Waals surface area contributed by atoms with E-state index in [0.29, 0.717) is 5.69 Å². The molecule has 7 heteroatoms. The van der Waals surface area contributed by atoms with Crippen LogP contribution in [0.25, 0.3) is 0 Å². The van der Waals surface area contributed by atoms with Crippen LogP contribution in [-0.2, 0) is 23.9 Å². The van der Waals surface area contributed by atoms with Crippen molar-refractivity contribution in [2.24, 2.45) is 23.7 Å². The topological polar surface area (TPSA) is 92.8 Å². The molecule has 1 heterocycles. The lowest BCUT2D eigenvalue weighted by atomic mass is 9.81. The van der Waals surface area contributed by atoms with Crippen LogP contribution in [0.2, 0.25) is 0 Å². The van der Waals surface area contributed by atoms with Gasteiger partial charge in [0.05, 0.1) is 11.8 Å². The average Bonchev–Trinajstić information content (AvgIpc) is 3.35. The summed E-state index contributed by atoms with van der Waals surface area (Å²) in [6, 6.07) is 4.60. The van der Waals surface area contributed by atoms with Crippen molar-refractivity contribution in [3.8, 4) is 0 Å². The fourth-order valence-electron chi connectivity index (χ4n) is 5.32. The number of esters is 1. The minimum Gasteiger partial charge on any atom is -0.454 e. The average molecular weight is 398 g/mol. The third kappa shape index (κ3) is 3.32. The number of hydrogen-bond donors (Lipinski definition) is 1. The zero-order valence-corrected chi connectivity index (χ0v) is 16.9. The summed E-state index contributed by atoms with van der Waals surface area (Å²) in [4.78, 5) is 51.2. The van der Waals surface area contributed by atoms with Crippen molar-refractivity contribution in [1.29, 1.82) is 0 Å². The fraction of sp³-hybridized carbons (Fsp3) is 0.545. The van der Waals surface area contributed by atoms with E-state index >= 15 is 0 Å². The monoisotopic (exact) mass is 398 g/mol. The molecule has 29 heavy (non-hydrogen) atoms. The first kappa shape index (κ1) is 19.6. The third-order valence-electron chi connectivity index (χ3n) is 6.69. The van der Waals surface area contributed by atoms with Gasteiger partial charge in [-0.2, -0.15) is 0 Å². The second-order valence-corrected chi connectivity index (χ2v) is 8.58. The Kier molecular flexibility index (Phi) is 4.92. The molecule has 1 aromatic rings. The van der Waals surface area contributed by atoms with Gasteiger partial charge in [0.25, 0.3) is 5.91 Å². The van der Waals surface area contributed by atoms with E-state index in [2.05, 4.69) is 5.32 Å².